The van der Waals surface area contributed by atoms with Crippen molar-refractivity contribution in [3.63, 3.8) is 0 Å². The first-order valence-corrected chi connectivity index (χ1v) is 7.55. The van der Waals surface area contributed by atoms with E-state index < -0.39 is 6.04 Å². The molecule has 21 heavy (non-hydrogen) atoms. The molecule has 0 saturated heterocycles. The monoisotopic (exact) mass is 348 g/mol. The lowest BCUT2D eigenvalue weighted by Crippen LogP contribution is -2.30. The molecule has 0 bridgehead atoms. The summed E-state index contributed by atoms with van der Waals surface area (Å²) in [6.07, 6.45) is 1.67. The summed E-state index contributed by atoms with van der Waals surface area (Å²) in [5.74, 6) is -0.316. The van der Waals surface area contributed by atoms with Crippen LogP contribution in [-0.2, 0) is 16.1 Å². The highest BCUT2D eigenvalue weighted by molar-refractivity contribution is 9.10. The summed E-state index contributed by atoms with van der Waals surface area (Å²) in [7, 11) is 0. The van der Waals surface area contributed by atoms with Gasteiger partial charge in [0.2, 0.25) is 0 Å². The van der Waals surface area contributed by atoms with Gasteiger partial charge in [-0.15, -0.1) is 0 Å². The van der Waals surface area contributed by atoms with E-state index in [1.54, 1.807) is 13.1 Å². The van der Waals surface area contributed by atoms with E-state index >= 15 is 0 Å². The van der Waals surface area contributed by atoms with E-state index in [-0.39, 0.29) is 5.97 Å². The minimum absolute atomic E-state index is 0.316. The predicted molar refractivity (Wildman–Crippen MR) is 84.6 cm³/mol. The molecule has 0 saturated carbocycles. The topological polar surface area (TPSA) is 51.2 Å². The molecule has 2 aromatic rings. The zero-order valence-electron chi connectivity index (χ0n) is 11.8. The van der Waals surface area contributed by atoms with Crippen molar-refractivity contribution in [1.82, 2.24) is 10.3 Å². The number of ether oxygens (including phenoxy) is 1. The van der Waals surface area contributed by atoms with Gasteiger partial charge in [-0.2, -0.15) is 0 Å². The maximum absolute atomic E-state index is 12.1. The minimum Gasteiger partial charge on any atom is -0.465 e. The van der Waals surface area contributed by atoms with Gasteiger partial charge in [0.25, 0.3) is 0 Å². The lowest BCUT2D eigenvalue weighted by Gasteiger charge is -2.17. The minimum atomic E-state index is -0.571. The van der Waals surface area contributed by atoms with Crippen LogP contribution in [0.25, 0.3) is 0 Å². The van der Waals surface area contributed by atoms with E-state index in [9.17, 15) is 4.79 Å². The smallest absolute Gasteiger partial charge is 0.329 e. The van der Waals surface area contributed by atoms with E-state index in [1.807, 2.05) is 42.5 Å². The van der Waals surface area contributed by atoms with Crippen LogP contribution in [0.4, 0.5) is 0 Å². The van der Waals surface area contributed by atoms with Crippen LogP contribution in [0.3, 0.4) is 0 Å². The molecule has 0 aliphatic rings. The van der Waals surface area contributed by atoms with Crippen LogP contribution in [-0.4, -0.2) is 17.6 Å². The second-order valence-corrected chi connectivity index (χ2v) is 5.37. The third-order valence-corrected chi connectivity index (χ3v) is 3.39. The lowest BCUT2D eigenvalue weighted by atomic mass is 10.1. The Morgan fingerprint density at radius 2 is 2.05 bits per heavy atom. The Labute approximate surface area is 132 Å². The highest BCUT2D eigenvalue weighted by Gasteiger charge is 2.22. The molecule has 5 heteroatoms. The summed E-state index contributed by atoms with van der Waals surface area (Å²) in [4.78, 5) is 16.4. The molecule has 1 unspecified atom stereocenters. The normalized spacial score (nSPS) is 11.9. The molecule has 1 aromatic heterocycles. The van der Waals surface area contributed by atoms with Crippen LogP contribution in [0.1, 0.15) is 24.2 Å². The maximum Gasteiger partial charge on any atom is 0.329 e. The van der Waals surface area contributed by atoms with Crippen LogP contribution in [0.5, 0.6) is 0 Å². The Morgan fingerprint density at radius 1 is 1.29 bits per heavy atom. The Balaban J connectivity index is 2.12. The van der Waals surface area contributed by atoms with Crippen LogP contribution in [0.15, 0.2) is 53.1 Å². The number of benzene rings is 1. The van der Waals surface area contributed by atoms with Crippen molar-refractivity contribution in [2.24, 2.45) is 0 Å². The van der Waals surface area contributed by atoms with Gasteiger partial charge in [0, 0.05) is 17.2 Å². The van der Waals surface area contributed by atoms with E-state index in [0.717, 1.165) is 10.0 Å². The van der Waals surface area contributed by atoms with E-state index in [1.165, 1.54) is 0 Å². The van der Waals surface area contributed by atoms with Crippen LogP contribution in [0.2, 0.25) is 0 Å². The number of carbonyl (C=O) groups is 1. The molecule has 0 spiro atoms. The number of carbonyl (C=O) groups excluding carboxylic acids is 1. The molecule has 1 aromatic carbocycles. The Hall–Kier alpha value is -1.72. The Kier molecular flexibility index (Phi) is 5.90. The average Bonchev–Trinajstić information content (AvgIpc) is 2.50. The van der Waals surface area contributed by atoms with Crippen molar-refractivity contribution in [2.75, 3.05) is 6.61 Å². The van der Waals surface area contributed by atoms with Crippen LogP contribution >= 0.6 is 15.9 Å². The van der Waals surface area contributed by atoms with Gasteiger partial charge in [0.1, 0.15) is 6.04 Å². The van der Waals surface area contributed by atoms with Crippen molar-refractivity contribution in [3.05, 3.63) is 64.4 Å². The zero-order chi connectivity index (χ0) is 15.1. The van der Waals surface area contributed by atoms with Gasteiger partial charge in [-0.1, -0.05) is 30.3 Å². The molecule has 1 N–H and O–H groups in total. The van der Waals surface area contributed by atoms with Crippen LogP contribution in [0, 0.1) is 0 Å². The predicted octanol–water partition coefficient (Wildman–Crippen LogP) is 3.24. The molecular formula is C16H17BrN2O2. The van der Waals surface area contributed by atoms with Gasteiger partial charge in [0.05, 0.1) is 12.3 Å². The fourth-order valence-corrected chi connectivity index (χ4v) is 2.14. The van der Waals surface area contributed by atoms with Crippen LogP contribution < -0.4 is 5.32 Å². The van der Waals surface area contributed by atoms with Gasteiger partial charge >= 0.3 is 5.97 Å². The van der Waals surface area contributed by atoms with Gasteiger partial charge in [-0.05, 0) is 40.5 Å². The molecule has 110 valence electrons. The summed E-state index contributed by atoms with van der Waals surface area (Å²) in [6.45, 7) is 2.71. The van der Waals surface area contributed by atoms with Crippen molar-refractivity contribution < 1.29 is 9.53 Å². The summed E-state index contributed by atoms with van der Waals surface area (Å²) in [5.41, 5.74) is 1.75. The SMILES string of the molecule is CCOC(=O)C(NCc1ccccc1)c1ccc(Br)cn1. The molecule has 0 aliphatic heterocycles. The molecular weight excluding hydrogens is 332 g/mol. The first kappa shape index (κ1) is 15.7. The van der Waals surface area contributed by atoms with Gasteiger partial charge in [-0.25, -0.2) is 4.79 Å². The number of nitrogens with one attached hydrogen (secondary N) is 1. The summed E-state index contributed by atoms with van der Waals surface area (Å²) in [6, 6.07) is 13.0. The second-order valence-electron chi connectivity index (χ2n) is 4.45. The third kappa shape index (κ3) is 4.65. The van der Waals surface area contributed by atoms with Crippen molar-refractivity contribution in [2.45, 2.75) is 19.5 Å². The number of esters is 1. The fourth-order valence-electron chi connectivity index (χ4n) is 1.91. The first-order valence-electron chi connectivity index (χ1n) is 6.76. The number of nitrogens with zero attached hydrogens (tertiary/aromatic N) is 1. The molecule has 0 amide bonds. The van der Waals surface area contributed by atoms with Gasteiger partial charge in [0.15, 0.2) is 0 Å². The van der Waals surface area contributed by atoms with Crippen molar-refractivity contribution >= 4 is 21.9 Å². The molecule has 0 aliphatic carbocycles. The number of halogens is 1. The number of pyridine rings is 1. The Morgan fingerprint density at radius 3 is 2.67 bits per heavy atom. The molecule has 2 rings (SSSR count). The van der Waals surface area contributed by atoms with Crippen molar-refractivity contribution in [1.29, 1.82) is 0 Å². The number of hydrogen-bond acceptors (Lipinski definition) is 4. The highest BCUT2D eigenvalue weighted by atomic mass is 79.9. The summed E-state index contributed by atoms with van der Waals surface area (Å²) in [5, 5.41) is 3.20. The molecule has 4 nitrogen and oxygen atoms in total. The standard InChI is InChI=1S/C16H17BrN2O2/c1-2-21-16(20)15(14-9-8-13(17)11-18-14)19-10-12-6-4-3-5-7-12/h3-9,11,15,19H,2,10H2,1H3. The van der Waals surface area contributed by atoms with E-state index in [4.69, 9.17) is 4.74 Å². The third-order valence-electron chi connectivity index (χ3n) is 2.92. The number of aromatic nitrogens is 1. The quantitative estimate of drug-likeness (QED) is 0.814. The van der Waals surface area contributed by atoms with E-state index in [0.29, 0.717) is 18.8 Å². The lowest BCUT2D eigenvalue weighted by molar-refractivity contribution is -0.146. The summed E-state index contributed by atoms with van der Waals surface area (Å²) < 4.78 is 6.00. The number of rotatable bonds is 6. The highest BCUT2D eigenvalue weighted by Crippen LogP contribution is 2.16. The first-order chi connectivity index (χ1) is 10.2. The average molecular weight is 349 g/mol. The summed E-state index contributed by atoms with van der Waals surface area (Å²) >= 11 is 3.34. The second kappa shape index (κ2) is 7.90. The largest absolute Gasteiger partial charge is 0.465 e. The number of hydrogen-bond donors (Lipinski definition) is 1. The van der Waals surface area contributed by atoms with E-state index in [2.05, 4.69) is 26.2 Å². The fraction of sp³-hybridized carbons (Fsp3) is 0.250. The zero-order valence-corrected chi connectivity index (χ0v) is 13.3. The van der Waals surface area contributed by atoms with Crippen molar-refractivity contribution in [3.8, 4) is 0 Å². The van der Waals surface area contributed by atoms with Gasteiger partial charge in [-0.3, -0.25) is 10.3 Å². The molecule has 1 atom stereocenters. The molecule has 1 heterocycles. The maximum atomic E-state index is 12.1. The Bertz CT molecular complexity index is 573. The molecule has 0 radical (unpaired) electrons. The van der Waals surface area contributed by atoms with Gasteiger partial charge < -0.3 is 4.74 Å². The molecule has 0 fully saturated rings.